The van der Waals surface area contributed by atoms with Crippen molar-refractivity contribution in [3.8, 4) is 11.8 Å². The molecule has 32 heavy (non-hydrogen) atoms. The average Bonchev–Trinajstić information content (AvgIpc) is 2.79. The molecule has 6 heteroatoms. The number of likely N-dealkylation sites (N-methyl/N-ethyl adjacent to an activating group) is 1. The molecule has 0 fully saturated rings. The van der Waals surface area contributed by atoms with E-state index in [-0.39, 0.29) is 16.4 Å². The van der Waals surface area contributed by atoms with Crippen LogP contribution in [-0.2, 0) is 11.2 Å². The average molecular weight is 448 g/mol. The van der Waals surface area contributed by atoms with Crippen molar-refractivity contribution in [2.75, 3.05) is 11.9 Å². The van der Waals surface area contributed by atoms with Crippen molar-refractivity contribution in [1.29, 1.82) is 0 Å². The zero-order chi connectivity index (χ0) is 22.8. The number of Topliss-reactive ketones (excluding diaryl/α,β-unsaturated/α-hetero) is 1. The van der Waals surface area contributed by atoms with Crippen LogP contribution >= 0.6 is 11.6 Å². The van der Waals surface area contributed by atoms with Gasteiger partial charge in [-0.2, -0.15) is 0 Å². The third-order valence-corrected chi connectivity index (χ3v) is 5.38. The summed E-state index contributed by atoms with van der Waals surface area (Å²) in [5.41, 5.74) is 2.58. The van der Waals surface area contributed by atoms with Crippen molar-refractivity contribution in [2.45, 2.75) is 6.42 Å². The summed E-state index contributed by atoms with van der Waals surface area (Å²) >= 11 is 5.71. The highest BCUT2D eigenvalue weighted by molar-refractivity contribution is 6.36. The maximum absolute atomic E-state index is 13.8. The Bertz CT molecular complexity index is 1330. The Balaban J connectivity index is 1.65. The lowest BCUT2D eigenvalue weighted by molar-refractivity contribution is -0.114. The Morgan fingerprint density at radius 2 is 1.75 bits per heavy atom. The number of fused-ring (bicyclic) bond motifs is 1. The van der Waals surface area contributed by atoms with Gasteiger partial charge in [0.25, 0.3) is 5.91 Å². The molecule has 0 saturated carbocycles. The Morgan fingerprint density at radius 3 is 2.47 bits per heavy atom. The minimum atomic E-state index is -0.635. The second kappa shape index (κ2) is 8.78. The van der Waals surface area contributed by atoms with Crippen LogP contribution in [0.5, 0.6) is 0 Å². The molecule has 0 atom stereocenters. The number of hydrogen-bond acceptors (Lipinski definition) is 2. The molecule has 1 aliphatic heterocycles. The number of anilines is 1. The molecule has 0 N–H and O–H groups in total. The minimum absolute atomic E-state index is 0.0419. The van der Waals surface area contributed by atoms with E-state index in [0.29, 0.717) is 28.8 Å². The summed E-state index contributed by atoms with van der Waals surface area (Å²) in [4.78, 5) is 27.2. The second-order valence-corrected chi connectivity index (χ2v) is 7.67. The van der Waals surface area contributed by atoms with Crippen LogP contribution in [0, 0.1) is 23.5 Å². The summed E-state index contributed by atoms with van der Waals surface area (Å²) in [7, 11) is 1.57. The molecule has 3 aromatic rings. The molecule has 1 amide bonds. The van der Waals surface area contributed by atoms with Crippen LogP contribution in [0.1, 0.15) is 27.0 Å². The second-order valence-electron chi connectivity index (χ2n) is 7.26. The van der Waals surface area contributed by atoms with Gasteiger partial charge in [-0.1, -0.05) is 41.6 Å². The predicted octanol–water partition coefficient (Wildman–Crippen LogP) is 5.46. The number of hydrogen-bond donors (Lipinski definition) is 0. The highest BCUT2D eigenvalue weighted by atomic mass is 35.5. The van der Waals surface area contributed by atoms with Gasteiger partial charge in [0, 0.05) is 24.6 Å². The molecule has 0 bridgehead atoms. The van der Waals surface area contributed by atoms with Crippen LogP contribution in [-0.4, -0.2) is 18.7 Å². The number of rotatable bonds is 2. The summed E-state index contributed by atoms with van der Waals surface area (Å²) in [6.07, 6.45) is 1.79. The Morgan fingerprint density at radius 1 is 1.00 bits per heavy atom. The van der Waals surface area contributed by atoms with E-state index in [9.17, 15) is 18.4 Å². The van der Waals surface area contributed by atoms with Crippen molar-refractivity contribution in [3.63, 3.8) is 0 Å². The fourth-order valence-corrected chi connectivity index (χ4v) is 3.48. The van der Waals surface area contributed by atoms with Gasteiger partial charge in [-0.3, -0.25) is 9.59 Å². The van der Waals surface area contributed by atoms with Crippen molar-refractivity contribution in [3.05, 3.63) is 105 Å². The zero-order valence-electron chi connectivity index (χ0n) is 17.0. The first-order chi connectivity index (χ1) is 15.3. The van der Waals surface area contributed by atoms with E-state index in [1.165, 1.54) is 41.3 Å². The smallest absolute Gasteiger partial charge is 0.262 e. The number of amides is 1. The lowest BCUT2D eigenvalue weighted by atomic mass is 9.92. The van der Waals surface area contributed by atoms with Crippen molar-refractivity contribution < 1.29 is 18.4 Å². The topological polar surface area (TPSA) is 37.4 Å². The van der Waals surface area contributed by atoms with E-state index >= 15 is 0 Å². The van der Waals surface area contributed by atoms with Crippen LogP contribution in [0.2, 0.25) is 5.02 Å². The molecule has 3 aromatic carbocycles. The van der Waals surface area contributed by atoms with Gasteiger partial charge < -0.3 is 4.90 Å². The predicted molar refractivity (Wildman–Crippen MR) is 121 cm³/mol. The largest absolute Gasteiger partial charge is 0.311 e. The fraction of sp³-hybridized carbons (Fsp3) is 0.0769. The van der Waals surface area contributed by atoms with E-state index in [1.807, 2.05) is 0 Å². The van der Waals surface area contributed by atoms with E-state index in [4.69, 9.17) is 11.6 Å². The lowest BCUT2D eigenvalue weighted by Crippen LogP contribution is -2.36. The quantitative estimate of drug-likeness (QED) is 0.297. The number of benzene rings is 3. The highest BCUT2D eigenvalue weighted by Crippen LogP contribution is 2.31. The van der Waals surface area contributed by atoms with Crippen LogP contribution in [0.25, 0.3) is 6.08 Å². The maximum atomic E-state index is 13.8. The molecule has 0 aliphatic carbocycles. The van der Waals surface area contributed by atoms with Crippen molar-refractivity contribution in [2.24, 2.45) is 0 Å². The highest BCUT2D eigenvalue weighted by Gasteiger charge is 2.32. The molecule has 3 nitrogen and oxygen atoms in total. The van der Waals surface area contributed by atoms with Gasteiger partial charge >= 0.3 is 0 Å². The van der Waals surface area contributed by atoms with Gasteiger partial charge in [0.2, 0.25) is 5.78 Å². The van der Waals surface area contributed by atoms with E-state index in [0.717, 1.165) is 5.56 Å². The molecule has 0 unspecified atom stereocenters. The van der Waals surface area contributed by atoms with Gasteiger partial charge in [-0.15, -0.1) is 0 Å². The Kier molecular flexibility index (Phi) is 5.89. The summed E-state index contributed by atoms with van der Waals surface area (Å²) in [6, 6.07) is 15.2. The molecular formula is C26H16ClF2NO2. The Labute approximate surface area is 188 Å². The Hall–Kier alpha value is -3.75. The molecule has 0 aromatic heterocycles. The van der Waals surface area contributed by atoms with E-state index in [2.05, 4.69) is 11.8 Å². The molecule has 0 saturated heterocycles. The van der Waals surface area contributed by atoms with Gasteiger partial charge in [0.1, 0.15) is 11.6 Å². The third kappa shape index (κ3) is 4.32. The van der Waals surface area contributed by atoms with Crippen LogP contribution < -0.4 is 4.90 Å². The summed E-state index contributed by atoms with van der Waals surface area (Å²) in [5.74, 6) is 4.13. The normalized spacial score (nSPS) is 14.2. The number of carbonyl (C=O) groups excluding carboxylic acids is 2. The first-order valence-corrected chi connectivity index (χ1v) is 10.1. The molecule has 1 aliphatic rings. The molecule has 4 rings (SSSR count). The van der Waals surface area contributed by atoms with Gasteiger partial charge in [0.05, 0.1) is 16.3 Å². The first-order valence-electron chi connectivity index (χ1n) is 9.70. The minimum Gasteiger partial charge on any atom is -0.311 e. The zero-order valence-corrected chi connectivity index (χ0v) is 17.7. The third-order valence-electron chi connectivity index (χ3n) is 5.08. The van der Waals surface area contributed by atoms with Crippen LogP contribution in [0.3, 0.4) is 0 Å². The SMILES string of the molecule is CN1C(=O)/C(=C/c2ccc(Cl)c(F)c2)C(=O)c2cc(C#CCc3ccc(F)cc3)ccc21. The summed E-state index contributed by atoms with van der Waals surface area (Å²) in [5, 5.41) is -0.0419. The van der Waals surface area contributed by atoms with Gasteiger partial charge in [0.15, 0.2) is 0 Å². The van der Waals surface area contributed by atoms with E-state index in [1.54, 1.807) is 37.4 Å². The maximum Gasteiger partial charge on any atom is 0.262 e. The van der Waals surface area contributed by atoms with Crippen molar-refractivity contribution >= 4 is 35.1 Å². The number of carbonyl (C=O) groups is 2. The molecule has 1 heterocycles. The lowest BCUT2D eigenvalue weighted by Gasteiger charge is -2.26. The number of halogens is 3. The monoisotopic (exact) mass is 447 g/mol. The van der Waals surface area contributed by atoms with Gasteiger partial charge in [-0.25, -0.2) is 8.78 Å². The molecular weight excluding hydrogens is 432 g/mol. The molecule has 0 radical (unpaired) electrons. The van der Waals surface area contributed by atoms with Crippen molar-refractivity contribution in [1.82, 2.24) is 0 Å². The summed E-state index contributed by atoms with van der Waals surface area (Å²) in [6.45, 7) is 0. The number of nitrogens with zero attached hydrogens (tertiary/aromatic N) is 1. The number of ketones is 1. The first kappa shape index (κ1) is 21.5. The molecule has 158 valence electrons. The summed E-state index contributed by atoms with van der Waals surface area (Å²) < 4.78 is 26.8. The standard InChI is InChI=1S/C26H16ClF2NO2/c1-30-24-12-8-17(4-2-3-16-5-9-19(28)10-6-16)13-20(24)25(31)21(26(30)32)14-18-7-11-22(27)23(29)15-18/h5-15H,3H2,1H3/b21-14+. The van der Waals surface area contributed by atoms with Crippen LogP contribution in [0.15, 0.2) is 66.2 Å². The fourth-order valence-electron chi connectivity index (χ4n) is 3.37. The van der Waals surface area contributed by atoms with E-state index < -0.39 is 17.5 Å². The molecule has 0 spiro atoms. The van der Waals surface area contributed by atoms with Gasteiger partial charge in [-0.05, 0) is 59.7 Å². The van der Waals surface area contributed by atoms with Crippen LogP contribution in [0.4, 0.5) is 14.5 Å².